The number of hydrogen-bond donors (Lipinski definition) is 2. The van der Waals surface area contributed by atoms with Crippen LogP contribution in [0.2, 0.25) is 0 Å². The molecule has 0 radical (unpaired) electrons. The summed E-state index contributed by atoms with van der Waals surface area (Å²) in [5.41, 5.74) is -0.614. The predicted molar refractivity (Wildman–Crippen MR) is 64.0 cm³/mol. The van der Waals surface area contributed by atoms with Crippen LogP contribution in [0, 0.1) is 5.82 Å². The maximum absolute atomic E-state index is 14.0. The van der Waals surface area contributed by atoms with Gasteiger partial charge in [-0.25, -0.2) is 9.18 Å². The summed E-state index contributed by atoms with van der Waals surface area (Å²) in [7, 11) is 0. The van der Waals surface area contributed by atoms with Crippen molar-refractivity contribution in [1.29, 1.82) is 0 Å². The number of aromatic carboxylic acids is 1. The third-order valence-corrected chi connectivity index (χ3v) is 3.29. The van der Waals surface area contributed by atoms with Gasteiger partial charge >= 0.3 is 5.97 Å². The monoisotopic (exact) mass is 317 g/mol. The Labute approximate surface area is 110 Å². The van der Waals surface area contributed by atoms with E-state index in [-0.39, 0.29) is 28.7 Å². The van der Waals surface area contributed by atoms with Gasteiger partial charge in [-0.3, -0.25) is 4.79 Å². The van der Waals surface area contributed by atoms with E-state index >= 15 is 0 Å². The van der Waals surface area contributed by atoms with Crippen LogP contribution in [0.1, 0.15) is 16.8 Å². The molecule has 96 valence electrons. The molecule has 18 heavy (non-hydrogen) atoms. The van der Waals surface area contributed by atoms with Crippen LogP contribution in [0.15, 0.2) is 16.6 Å². The molecule has 0 aromatic heterocycles. The molecule has 7 heteroatoms. The molecule has 5 nitrogen and oxygen atoms in total. The quantitative estimate of drug-likeness (QED) is 0.864. The standard InChI is InChI=1S/C11H9BrFNO4/c12-7-2-1-6(11(17)18)10(9(7)13)14-4-5(15)3-8(14)16/h1-2,5,15H,3-4H2,(H,17,18). The Morgan fingerprint density at radius 2 is 2.17 bits per heavy atom. The number of rotatable bonds is 2. The number of carbonyl (C=O) groups is 2. The molecule has 1 amide bonds. The summed E-state index contributed by atoms with van der Waals surface area (Å²) < 4.78 is 14.1. The van der Waals surface area contributed by atoms with Crippen molar-refractivity contribution >= 4 is 33.5 Å². The topological polar surface area (TPSA) is 77.8 Å². The van der Waals surface area contributed by atoms with Gasteiger partial charge in [-0.2, -0.15) is 0 Å². The smallest absolute Gasteiger partial charge is 0.337 e. The molecule has 1 atom stereocenters. The van der Waals surface area contributed by atoms with Gasteiger partial charge in [-0.05, 0) is 28.1 Å². The number of carbonyl (C=O) groups excluding carboxylic acids is 1. The van der Waals surface area contributed by atoms with Gasteiger partial charge in [0.05, 0.1) is 34.8 Å². The summed E-state index contributed by atoms with van der Waals surface area (Å²) >= 11 is 2.94. The lowest BCUT2D eigenvalue weighted by molar-refractivity contribution is -0.117. The summed E-state index contributed by atoms with van der Waals surface area (Å²) in [5, 5.41) is 18.4. The van der Waals surface area contributed by atoms with Gasteiger partial charge in [0.1, 0.15) is 0 Å². The van der Waals surface area contributed by atoms with E-state index in [2.05, 4.69) is 15.9 Å². The molecule has 1 aromatic carbocycles. The van der Waals surface area contributed by atoms with E-state index in [0.29, 0.717) is 0 Å². The Morgan fingerprint density at radius 1 is 1.50 bits per heavy atom. The Hall–Kier alpha value is -1.47. The molecule has 2 rings (SSSR count). The predicted octanol–water partition coefficient (Wildman–Crippen LogP) is 1.38. The average Bonchev–Trinajstić information content (AvgIpc) is 2.61. The van der Waals surface area contributed by atoms with Crippen molar-refractivity contribution in [2.75, 3.05) is 11.4 Å². The number of nitrogens with zero attached hydrogens (tertiary/aromatic N) is 1. The van der Waals surface area contributed by atoms with Crippen molar-refractivity contribution in [3.63, 3.8) is 0 Å². The fourth-order valence-electron chi connectivity index (χ4n) is 1.88. The maximum Gasteiger partial charge on any atom is 0.337 e. The van der Waals surface area contributed by atoms with Crippen LogP contribution in [-0.4, -0.2) is 34.7 Å². The number of carboxylic acid groups (broad SMARTS) is 1. The van der Waals surface area contributed by atoms with Crippen molar-refractivity contribution in [2.24, 2.45) is 0 Å². The molecule has 1 aliphatic rings. The summed E-state index contributed by atoms with van der Waals surface area (Å²) in [5.74, 6) is -2.65. The minimum atomic E-state index is -1.33. The lowest BCUT2D eigenvalue weighted by atomic mass is 10.1. The molecule has 0 spiro atoms. The van der Waals surface area contributed by atoms with Crippen molar-refractivity contribution in [1.82, 2.24) is 0 Å². The van der Waals surface area contributed by atoms with E-state index < -0.39 is 23.8 Å². The molecule has 1 fully saturated rings. The first kappa shape index (κ1) is 13.0. The first-order valence-electron chi connectivity index (χ1n) is 5.11. The molecule has 1 aromatic rings. The summed E-state index contributed by atoms with van der Waals surface area (Å²) in [6.45, 7) is -0.105. The SMILES string of the molecule is O=C(O)c1ccc(Br)c(F)c1N1CC(O)CC1=O. The third-order valence-electron chi connectivity index (χ3n) is 2.67. The number of aliphatic hydroxyl groups excluding tert-OH is 1. The van der Waals surface area contributed by atoms with Crippen LogP contribution < -0.4 is 4.90 Å². The largest absolute Gasteiger partial charge is 0.478 e. The van der Waals surface area contributed by atoms with E-state index in [0.717, 1.165) is 4.90 Å². The van der Waals surface area contributed by atoms with Crippen LogP contribution >= 0.6 is 15.9 Å². The van der Waals surface area contributed by atoms with Crippen molar-refractivity contribution in [3.05, 3.63) is 28.0 Å². The molecular formula is C11H9BrFNO4. The van der Waals surface area contributed by atoms with Crippen LogP contribution in [0.25, 0.3) is 0 Å². The van der Waals surface area contributed by atoms with Gasteiger partial charge < -0.3 is 15.1 Å². The maximum atomic E-state index is 14.0. The highest BCUT2D eigenvalue weighted by molar-refractivity contribution is 9.10. The number of benzene rings is 1. The number of aliphatic hydroxyl groups is 1. The molecule has 0 saturated carbocycles. The highest BCUT2D eigenvalue weighted by Gasteiger charge is 2.34. The lowest BCUT2D eigenvalue weighted by Gasteiger charge is -2.19. The van der Waals surface area contributed by atoms with Crippen LogP contribution in [-0.2, 0) is 4.79 Å². The number of halogens is 2. The van der Waals surface area contributed by atoms with Crippen molar-refractivity contribution in [3.8, 4) is 0 Å². The second-order valence-corrected chi connectivity index (χ2v) is 4.78. The highest BCUT2D eigenvalue weighted by Crippen LogP contribution is 2.33. The minimum Gasteiger partial charge on any atom is -0.478 e. The third kappa shape index (κ3) is 2.11. The Bertz CT molecular complexity index is 534. The van der Waals surface area contributed by atoms with E-state index in [1.807, 2.05) is 0 Å². The van der Waals surface area contributed by atoms with Gasteiger partial charge in [0, 0.05) is 0 Å². The van der Waals surface area contributed by atoms with Gasteiger partial charge in [0.25, 0.3) is 0 Å². The van der Waals surface area contributed by atoms with Crippen LogP contribution in [0.3, 0.4) is 0 Å². The van der Waals surface area contributed by atoms with Gasteiger partial charge in [0.15, 0.2) is 5.82 Å². The molecule has 0 aliphatic carbocycles. The molecule has 0 bridgehead atoms. The fraction of sp³-hybridized carbons (Fsp3) is 0.273. The van der Waals surface area contributed by atoms with Gasteiger partial charge in [-0.1, -0.05) is 0 Å². The Kier molecular flexibility index (Phi) is 3.36. The summed E-state index contributed by atoms with van der Waals surface area (Å²) in [6, 6.07) is 2.47. The molecule has 1 heterocycles. The Morgan fingerprint density at radius 3 is 2.67 bits per heavy atom. The van der Waals surface area contributed by atoms with Crippen LogP contribution in [0.5, 0.6) is 0 Å². The molecule has 2 N–H and O–H groups in total. The normalized spacial score (nSPS) is 19.4. The molecule has 1 saturated heterocycles. The molecular weight excluding hydrogens is 309 g/mol. The van der Waals surface area contributed by atoms with E-state index in [9.17, 15) is 19.1 Å². The van der Waals surface area contributed by atoms with E-state index in [4.69, 9.17) is 5.11 Å². The first-order chi connectivity index (χ1) is 8.41. The number of anilines is 1. The van der Waals surface area contributed by atoms with Gasteiger partial charge in [0.2, 0.25) is 5.91 Å². The zero-order valence-electron chi connectivity index (χ0n) is 9.06. The first-order valence-corrected chi connectivity index (χ1v) is 5.91. The summed E-state index contributed by atoms with van der Waals surface area (Å²) in [4.78, 5) is 23.6. The highest BCUT2D eigenvalue weighted by atomic mass is 79.9. The number of hydrogen-bond acceptors (Lipinski definition) is 3. The van der Waals surface area contributed by atoms with Crippen LogP contribution in [0.4, 0.5) is 10.1 Å². The minimum absolute atomic E-state index is 0.0664. The summed E-state index contributed by atoms with van der Waals surface area (Å²) in [6.07, 6.45) is -1.04. The second kappa shape index (κ2) is 4.66. The zero-order valence-corrected chi connectivity index (χ0v) is 10.6. The molecule has 1 unspecified atom stereocenters. The zero-order chi connectivity index (χ0) is 13.4. The van der Waals surface area contributed by atoms with Crippen molar-refractivity contribution in [2.45, 2.75) is 12.5 Å². The molecule has 1 aliphatic heterocycles. The number of β-amino-alcohol motifs (C(OH)–C–C–N with tert-alkyl or cyclic N) is 1. The second-order valence-electron chi connectivity index (χ2n) is 3.92. The van der Waals surface area contributed by atoms with Gasteiger partial charge in [-0.15, -0.1) is 0 Å². The fourth-order valence-corrected chi connectivity index (χ4v) is 2.20. The number of carboxylic acids is 1. The van der Waals surface area contributed by atoms with E-state index in [1.165, 1.54) is 12.1 Å². The lowest BCUT2D eigenvalue weighted by Crippen LogP contribution is -2.28. The Balaban J connectivity index is 2.58. The van der Waals surface area contributed by atoms with E-state index in [1.54, 1.807) is 0 Å². The average molecular weight is 318 g/mol. The number of amides is 1. The van der Waals surface area contributed by atoms with Crippen molar-refractivity contribution < 1.29 is 24.2 Å².